The van der Waals surface area contributed by atoms with E-state index < -0.39 is 0 Å². The summed E-state index contributed by atoms with van der Waals surface area (Å²) in [7, 11) is 0. The molecule has 3 nitrogen and oxygen atoms in total. The molecule has 1 heterocycles. The quantitative estimate of drug-likeness (QED) is 0.263. The molecule has 3 heteroatoms. The van der Waals surface area contributed by atoms with Gasteiger partial charge in [0, 0.05) is 29.4 Å². The minimum Gasteiger partial charge on any atom is -0.314 e. The number of aliphatic imine (C=N–C) groups is 1. The number of rotatable bonds is 8. The predicted molar refractivity (Wildman–Crippen MR) is 143 cm³/mol. The summed E-state index contributed by atoms with van der Waals surface area (Å²) in [6.07, 6.45) is 6.61. The largest absolute Gasteiger partial charge is 0.314 e. The zero-order valence-corrected chi connectivity index (χ0v) is 20.4. The summed E-state index contributed by atoms with van der Waals surface area (Å²) in [5.41, 5.74) is 10.5. The molecule has 0 N–H and O–H groups in total. The molecule has 33 heavy (non-hydrogen) atoms. The minimum absolute atomic E-state index is 0.677. The standard InChI is InChI=1S/C30H33N3/c1-8-15-31-26(7)22(3)19-25(6)33(30-23(4)17-21(2)18-24(30)5)28-13-11-12-27(20-28)29-14-9-10-16-32-29/h9-20H,3,7-8H2,1-2,4-6H3/b25-19+,31-15?. The average Bonchev–Trinajstić information content (AvgIpc) is 2.80. The van der Waals surface area contributed by atoms with Gasteiger partial charge in [-0.25, -0.2) is 0 Å². The van der Waals surface area contributed by atoms with Gasteiger partial charge in [-0.2, -0.15) is 0 Å². The van der Waals surface area contributed by atoms with Gasteiger partial charge in [-0.15, -0.1) is 0 Å². The lowest BCUT2D eigenvalue weighted by molar-refractivity contribution is 1.11. The second-order valence-corrected chi connectivity index (χ2v) is 8.33. The highest BCUT2D eigenvalue weighted by Gasteiger charge is 2.18. The van der Waals surface area contributed by atoms with Crippen LogP contribution in [0.25, 0.3) is 11.3 Å². The second-order valence-electron chi connectivity index (χ2n) is 8.33. The Morgan fingerprint density at radius 3 is 2.36 bits per heavy atom. The minimum atomic E-state index is 0.677. The van der Waals surface area contributed by atoms with Crippen LogP contribution >= 0.6 is 0 Å². The number of allylic oxidation sites excluding steroid dienone is 2. The lowest BCUT2D eigenvalue weighted by Gasteiger charge is -2.30. The van der Waals surface area contributed by atoms with Gasteiger partial charge in [0.1, 0.15) is 0 Å². The van der Waals surface area contributed by atoms with E-state index in [1.54, 1.807) is 0 Å². The summed E-state index contributed by atoms with van der Waals surface area (Å²) in [5.74, 6) is 0. The highest BCUT2D eigenvalue weighted by Crippen LogP contribution is 2.37. The van der Waals surface area contributed by atoms with E-state index in [9.17, 15) is 0 Å². The number of anilines is 2. The van der Waals surface area contributed by atoms with Crippen molar-refractivity contribution in [1.29, 1.82) is 0 Å². The average molecular weight is 436 g/mol. The van der Waals surface area contributed by atoms with Crippen LogP contribution in [0.15, 0.2) is 102 Å². The Hall–Kier alpha value is -3.72. The molecule has 0 bridgehead atoms. The van der Waals surface area contributed by atoms with Crippen molar-refractivity contribution in [2.24, 2.45) is 4.99 Å². The molecule has 3 aromatic rings. The fraction of sp³-hybridized carbons (Fsp3) is 0.200. The summed E-state index contributed by atoms with van der Waals surface area (Å²) >= 11 is 0. The van der Waals surface area contributed by atoms with Gasteiger partial charge in [-0.1, -0.05) is 56.0 Å². The Bertz CT molecular complexity index is 1190. The van der Waals surface area contributed by atoms with Crippen LogP contribution in [-0.2, 0) is 0 Å². The van der Waals surface area contributed by atoms with Crippen molar-refractivity contribution >= 4 is 17.6 Å². The molecule has 0 aliphatic carbocycles. The summed E-state index contributed by atoms with van der Waals surface area (Å²) in [6, 6.07) is 18.9. The van der Waals surface area contributed by atoms with Gasteiger partial charge in [0.2, 0.25) is 0 Å². The fourth-order valence-electron chi connectivity index (χ4n) is 4.06. The molecule has 3 rings (SSSR count). The van der Waals surface area contributed by atoms with Crippen molar-refractivity contribution in [3.63, 3.8) is 0 Å². The molecule has 0 fully saturated rings. The van der Waals surface area contributed by atoms with Crippen molar-refractivity contribution in [2.45, 2.75) is 41.0 Å². The van der Waals surface area contributed by atoms with Crippen LogP contribution in [0, 0.1) is 20.8 Å². The van der Waals surface area contributed by atoms with E-state index in [1.807, 2.05) is 30.6 Å². The monoisotopic (exact) mass is 435 g/mol. The zero-order chi connectivity index (χ0) is 24.0. The molecule has 0 aliphatic heterocycles. The third-order valence-corrected chi connectivity index (χ3v) is 5.46. The topological polar surface area (TPSA) is 28.5 Å². The highest BCUT2D eigenvalue weighted by molar-refractivity contribution is 5.77. The van der Waals surface area contributed by atoms with Crippen molar-refractivity contribution in [1.82, 2.24) is 4.98 Å². The summed E-state index contributed by atoms with van der Waals surface area (Å²) in [6.45, 7) is 18.9. The molecule has 2 aromatic carbocycles. The molecule has 168 valence electrons. The Morgan fingerprint density at radius 1 is 1.00 bits per heavy atom. The van der Waals surface area contributed by atoms with Gasteiger partial charge in [-0.3, -0.25) is 9.98 Å². The first-order valence-corrected chi connectivity index (χ1v) is 11.3. The molecular formula is C30H33N3. The molecule has 1 aromatic heterocycles. The first-order chi connectivity index (χ1) is 15.8. The number of pyridine rings is 1. The lowest BCUT2D eigenvalue weighted by Crippen LogP contribution is -2.17. The third kappa shape index (κ3) is 5.75. The van der Waals surface area contributed by atoms with E-state index >= 15 is 0 Å². The maximum absolute atomic E-state index is 4.54. The van der Waals surface area contributed by atoms with Crippen LogP contribution in [0.5, 0.6) is 0 Å². The van der Waals surface area contributed by atoms with E-state index in [1.165, 1.54) is 22.4 Å². The van der Waals surface area contributed by atoms with Crippen molar-refractivity contribution in [3.8, 4) is 11.3 Å². The van der Waals surface area contributed by atoms with Gasteiger partial charge < -0.3 is 4.90 Å². The van der Waals surface area contributed by atoms with Gasteiger partial charge in [0.25, 0.3) is 0 Å². The Balaban J connectivity index is 2.15. The second kappa shape index (κ2) is 10.7. The normalized spacial score (nSPS) is 11.6. The van der Waals surface area contributed by atoms with Gasteiger partial charge >= 0.3 is 0 Å². The number of hydrogen-bond acceptors (Lipinski definition) is 3. The van der Waals surface area contributed by atoms with Gasteiger partial charge in [0.15, 0.2) is 0 Å². The Kier molecular flexibility index (Phi) is 7.78. The first-order valence-electron chi connectivity index (χ1n) is 11.3. The van der Waals surface area contributed by atoms with Gasteiger partial charge in [-0.05, 0) is 81.2 Å². The maximum Gasteiger partial charge on any atom is 0.0702 e. The maximum atomic E-state index is 4.54. The van der Waals surface area contributed by atoms with Crippen molar-refractivity contribution in [3.05, 3.63) is 114 Å². The van der Waals surface area contributed by atoms with Crippen molar-refractivity contribution in [2.75, 3.05) is 4.90 Å². The van der Waals surface area contributed by atoms with Crippen LogP contribution in [0.2, 0.25) is 0 Å². The molecule has 0 spiro atoms. The number of aryl methyl sites for hydroxylation is 3. The third-order valence-electron chi connectivity index (χ3n) is 5.46. The SMILES string of the molecule is C=C(/C=C(\C)N(c1cccc(-c2ccccn2)c1)c1c(C)cc(C)cc1C)C(=C)N=CCC. The van der Waals surface area contributed by atoms with Gasteiger partial charge in [0.05, 0.1) is 17.1 Å². The molecule has 0 amide bonds. The Morgan fingerprint density at radius 2 is 1.73 bits per heavy atom. The number of nitrogens with zero attached hydrogens (tertiary/aromatic N) is 3. The molecular weight excluding hydrogens is 402 g/mol. The summed E-state index contributed by atoms with van der Waals surface area (Å²) in [5, 5.41) is 0. The lowest BCUT2D eigenvalue weighted by atomic mass is 10.0. The molecule has 0 atom stereocenters. The molecule has 0 saturated carbocycles. The summed E-state index contributed by atoms with van der Waals surface area (Å²) in [4.78, 5) is 11.2. The van der Waals surface area contributed by atoms with E-state index in [0.717, 1.165) is 34.6 Å². The molecule has 0 saturated heterocycles. The van der Waals surface area contributed by atoms with E-state index in [2.05, 4.69) is 105 Å². The smallest absolute Gasteiger partial charge is 0.0702 e. The van der Waals surface area contributed by atoms with Crippen LogP contribution in [0.3, 0.4) is 0 Å². The Labute approximate surface area is 198 Å². The molecule has 0 aliphatic rings. The highest BCUT2D eigenvalue weighted by atomic mass is 15.1. The predicted octanol–water partition coefficient (Wildman–Crippen LogP) is 8.27. The van der Waals surface area contributed by atoms with E-state index in [4.69, 9.17) is 0 Å². The molecule has 0 radical (unpaired) electrons. The van der Waals surface area contributed by atoms with Crippen LogP contribution in [0.4, 0.5) is 11.4 Å². The number of aromatic nitrogens is 1. The molecule has 0 unspecified atom stereocenters. The number of hydrogen-bond donors (Lipinski definition) is 0. The van der Waals surface area contributed by atoms with Crippen LogP contribution in [0.1, 0.15) is 37.0 Å². The summed E-state index contributed by atoms with van der Waals surface area (Å²) < 4.78 is 0. The van der Waals surface area contributed by atoms with E-state index in [-0.39, 0.29) is 0 Å². The number of benzene rings is 2. The zero-order valence-electron chi connectivity index (χ0n) is 20.4. The van der Waals surface area contributed by atoms with Crippen molar-refractivity contribution < 1.29 is 0 Å². The first kappa shape index (κ1) is 23.9. The van der Waals surface area contributed by atoms with Crippen LogP contribution in [-0.4, -0.2) is 11.2 Å². The van der Waals surface area contributed by atoms with E-state index in [0.29, 0.717) is 5.70 Å². The fourth-order valence-corrected chi connectivity index (χ4v) is 4.06. The van der Waals surface area contributed by atoms with Crippen LogP contribution < -0.4 is 4.90 Å².